The number of allylic oxidation sites excluding steroid dienone is 2. The molecule has 0 unspecified atom stereocenters. The van der Waals surface area contributed by atoms with Crippen LogP contribution in [0.4, 0.5) is 0 Å². The monoisotopic (exact) mass is 773 g/mol. The van der Waals surface area contributed by atoms with Crippen LogP contribution >= 0.6 is 0 Å². The van der Waals surface area contributed by atoms with E-state index in [0.717, 1.165) is 71.4 Å². The molecule has 0 atom stereocenters. The minimum atomic E-state index is 0.708. The fraction of sp³-hybridized carbons (Fsp3) is 0.667. The van der Waals surface area contributed by atoms with Crippen molar-refractivity contribution in [1.82, 2.24) is 0 Å². The molecule has 0 radical (unpaired) electrons. The molecule has 4 nitrogen and oxygen atoms in total. The third kappa shape index (κ3) is 18.9. The first kappa shape index (κ1) is 47.1. The van der Waals surface area contributed by atoms with E-state index < -0.39 is 0 Å². The third-order valence-corrected chi connectivity index (χ3v) is 10.9. The number of benzene rings is 2. The normalized spacial score (nSPS) is 12.8. The van der Waals surface area contributed by atoms with E-state index in [1.807, 2.05) is 13.8 Å². The van der Waals surface area contributed by atoms with Crippen molar-refractivity contribution in [1.29, 1.82) is 0 Å². The number of hydrogen-bond acceptors (Lipinski definition) is 2. The van der Waals surface area contributed by atoms with E-state index in [1.165, 1.54) is 142 Å². The minimum absolute atomic E-state index is 0.708. The van der Waals surface area contributed by atoms with E-state index in [4.69, 9.17) is 7.76 Å². The van der Waals surface area contributed by atoms with Crippen molar-refractivity contribution in [2.24, 2.45) is 0 Å². The van der Waals surface area contributed by atoms with Gasteiger partial charge < -0.3 is 5.53 Å². The number of unbranched alkanes of at least 4 members (excludes halogenated alkanes) is 13. The Labute approximate surface area is 333 Å². The molecule has 0 saturated carbocycles. The Bertz CT molecular complexity index is 1280. The Balaban J connectivity index is 0.00000126. The van der Waals surface area contributed by atoms with Crippen molar-refractivity contribution in [3.63, 3.8) is 0 Å². The van der Waals surface area contributed by atoms with Gasteiger partial charge in [0.05, 0.1) is 0 Å². The molecule has 0 fully saturated rings. The van der Waals surface area contributed by atoms with Crippen LogP contribution in [0.25, 0.3) is 16.9 Å². The second-order valence-electron chi connectivity index (χ2n) is 15.0. The molecule has 0 spiro atoms. The summed E-state index contributed by atoms with van der Waals surface area (Å²) in [5.74, 6) is 0. The molecule has 3 rings (SSSR count). The van der Waals surface area contributed by atoms with E-state index in [1.54, 1.807) is 4.70 Å². The number of rotatable bonds is 29. The molecule has 0 aliphatic carbocycles. The Hall–Kier alpha value is -2.07. The van der Waals surface area contributed by atoms with Crippen LogP contribution in [0.2, 0.25) is 0 Å². The van der Waals surface area contributed by atoms with Crippen molar-refractivity contribution in [3.05, 3.63) is 87.0 Å². The molecule has 1 aliphatic rings. The molecule has 1 aliphatic heterocycles. The Morgan fingerprint density at radius 3 is 1.26 bits per heavy atom. The van der Waals surface area contributed by atoms with Crippen molar-refractivity contribution in [2.45, 2.75) is 196 Å². The summed E-state index contributed by atoms with van der Waals surface area (Å²) in [5.41, 5.74) is 23.4. The van der Waals surface area contributed by atoms with Gasteiger partial charge in [-0.05, 0) is 111 Å². The fourth-order valence-electron chi connectivity index (χ4n) is 7.09. The van der Waals surface area contributed by atoms with Crippen molar-refractivity contribution in [3.8, 4) is 0 Å². The summed E-state index contributed by atoms with van der Waals surface area (Å²) in [6.07, 6.45) is 30.7. The van der Waals surface area contributed by atoms with Gasteiger partial charge in [0.1, 0.15) is 0 Å². The molecule has 2 aromatic rings. The second-order valence-corrected chi connectivity index (χ2v) is 15.7. The van der Waals surface area contributed by atoms with E-state index >= 15 is 0 Å². The van der Waals surface area contributed by atoms with Crippen LogP contribution in [0.5, 0.6) is 0 Å². The van der Waals surface area contributed by atoms with Crippen LogP contribution in [0.1, 0.15) is 204 Å². The summed E-state index contributed by atoms with van der Waals surface area (Å²) >= 11 is 0.899. The zero-order valence-corrected chi connectivity index (χ0v) is 36.2. The summed E-state index contributed by atoms with van der Waals surface area (Å²) in [4.78, 5) is 0. The standard InChI is InChI=1S/C44H68N2.2C2H5O.Ni/c1-6-11-16-18-20-22-26-38-30-39(27-23-21-19-17-12-7-2)34-42(33-38)44-40(28-15-10-5)35-43(46(44)45)41-31-36(24-13-8-3)29-37(32-41)25-14-9-4;2*1-2-3;/h29-35H,6-28H2,1-5H3;2*2H2,1H3;/q;2*-1;+2. The summed E-state index contributed by atoms with van der Waals surface area (Å²) < 4.78 is 11.1. The van der Waals surface area contributed by atoms with Crippen molar-refractivity contribution < 1.29 is 27.5 Å². The van der Waals surface area contributed by atoms with Crippen molar-refractivity contribution in [2.75, 3.05) is 13.2 Å². The van der Waals surface area contributed by atoms with E-state index in [2.05, 4.69) is 77.1 Å². The van der Waals surface area contributed by atoms with Gasteiger partial charge in [-0.2, -0.15) is 0 Å². The Kier molecular flexibility index (Phi) is 26.8. The van der Waals surface area contributed by atoms with E-state index in [9.17, 15) is 5.53 Å². The summed E-state index contributed by atoms with van der Waals surface area (Å²) in [6, 6.07) is 14.4. The molecule has 53 heavy (non-hydrogen) atoms. The molecule has 0 N–H and O–H groups in total. The predicted molar refractivity (Wildman–Crippen MR) is 226 cm³/mol. The number of nitrogens with zero attached hydrogens (tertiary/aromatic N) is 2. The van der Waals surface area contributed by atoms with Crippen LogP contribution in [-0.4, -0.2) is 17.9 Å². The molecule has 5 heteroatoms. The van der Waals surface area contributed by atoms with Gasteiger partial charge in [0, 0.05) is 22.8 Å². The molecule has 2 aromatic carbocycles. The maximum atomic E-state index is 12.0. The van der Waals surface area contributed by atoms with E-state index in [0.29, 0.717) is 13.2 Å². The molecule has 0 bridgehead atoms. The predicted octanol–water partition coefficient (Wildman–Crippen LogP) is 15.1. The second kappa shape index (κ2) is 30.2. The van der Waals surface area contributed by atoms with Gasteiger partial charge in [-0.25, -0.2) is 4.70 Å². The van der Waals surface area contributed by atoms with Gasteiger partial charge in [-0.15, -0.1) is 0 Å². The number of hydrogen-bond donors (Lipinski definition) is 0. The summed E-state index contributed by atoms with van der Waals surface area (Å²) in [7, 11) is 0. The SMILES string of the molecule is CCCCCCCCc1cc(CCCCCCCC)cc(C2=C(CCCC)C=C(c3cc(CCCC)cc(CCCC)c3)[N+]2=[N-])c1.CC[O][Ni][O]CC. The van der Waals surface area contributed by atoms with Gasteiger partial charge in [-0.3, -0.25) is 0 Å². The van der Waals surface area contributed by atoms with Gasteiger partial charge in [0.25, 0.3) is 0 Å². The van der Waals surface area contributed by atoms with Crippen LogP contribution in [0, 0.1) is 0 Å². The van der Waals surface area contributed by atoms with Crippen LogP contribution < -0.4 is 0 Å². The molecular formula is C48H78N2NiO2. The van der Waals surface area contributed by atoms with Gasteiger partial charge in [0.2, 0.25) is 11.4 Å². The average molecular weight is 774 g/mol. The Morgan fingerprint density at radius 2 is 0.830 bits per heavy atom. The van der Waals surface area contributed by atoms with Gasteiger partial charge in [-0.1, -0.05) is 130 Å². The quantitative estimate of drug-likeness (QED) is 0.0469. The van der Waals surface area contributed by atoms with Gasteiger partial charge in [0.15, 0.2) is 0 Å². The molecule has 0 aromatic heterocycles. The molecule has 302 valence electrons. The van der Waals surface area contributed by atoms with Crippen LogP contribution in [0.15, 0.2) is 48.0 Å². The Morgan fingerprint density at radius 1 is 0.453 bits per heavy atom. The molecular weight excluding hydrogens is 695 g/mol. The summed E-state index contributed by atoms with van der Waals surface area (Å²) in [5, 5.41) is 0. The summed E-state index contributed by atoms with van der Waals surface area (Å²) in [6.45, 7) is 16.7. The maximum absolute atomic E-state index is 12.0. The molecule has 1 heterocycles. The van der Waals surface area contributed by atoms with Gasteiger partial charge >= 0.3 is 49.9 Å². The molecule has 0 amide bonds. The average Bonchev–Trinajstić information content (AvgIpc) is 3.50. The zero-order chi connectivity index (χ0) is 38.5. The van der Waals surface area contributed by atoms with Crippen molar-refractivity contribution >= 4 is 11.4 Å². The first-order valence-corrected chi connectivity index (χ1v) is 22.8. The zero-order valence-electron chi connectivity index (χ0n) is 35.2. The first-order valence-electron chi connectivity index (χ1n) is 22.0. The van der Waals surface area contributed by atoms with Crippen LogP contribution in [0.3, 0.4) is 0 Å². The topological polar surface area (TPSA) is 43.8 Å². The van der Waals surface area contributed by atoms with E-state index in [-0.39, 0.29) is 0 Å². The fourth-order valence-corrected chi connectivity index (χ4v) is 7.41. The molecule has 0 saturated heterocycles. The first-order chi connectivity index (χ1) is 26.0. The number of aryl methyl sites for hydroxylation is 4. The third-order valence-electron chi connectivity index (χ3n) is 10.1. The van der Waals surface area contributed by atoms with Crippen LogP contribution in [-0.2, 0) is 48.5 Å².